The maximum atomic E-state index is 4.26. The second-order valence-corrected chi connectivity index (χ2v) is 2.00. The van der Waals surface area contributed by atoms with Crippen LogP contribution in [0.5, 0.6) is 0 Å². The lowest BCUT2D eigenvalue weighted by Crippen LogP contribution is -1.87. The maximum absolute atomic E-state index is 4.26. The van der Waals surface area contributed by atoms with E-state index in [0.29, 0.717) is 0 Å². The minimum Gasteiger partial charge on any atom is -0.290 e. The van der Waals surface area contributed by atoms with Gasteiger partial charge in [0, 0.05) is 5.71 Å². The van der Waals surface area contributed by atoms with Crippen molar-refractivity contribution in [2.24, 2.45) is 4.99 Å². The molecule has 0 aromatic carbocycles. The first-order valence-electron chi connectivity index (χ1n) is 3.42. The third kappa shape index (κ3) is 5.28. The molecule has 0 fully saturated rings. The fourth-order valence-electron chi connectivity index (χ4n) is 0.426. The van der Waals surface area contributed by atoms with Crippen molar-refractivity contribution in [3.63, 3.8) is 0 Å². The Bertz CT molecular complexity index is 112. The smallest absolute Gasteiger partial charge is 0.0569 e. The normalized spacial score (nSPS) is 13.0. The van der Waals surface area contributed by atoms with Crippen LogP contribution in [-0.2, 0) is 0 Å². The SMILES string of the molecule is CC=CCN=C(C)CC. The third-order valence-corrected chi connectivity index (χ3v) is 1.21. The average Bonchev–Trinajstić information content (AvgIpc) is 1.89. The van der Waals surface area contributed by atoms with E-state index in [4.69, 9.17) is 0 Å². The highest BCUT2D eigenvalue weighted by Crippen LogP contribution is 1.84. The standard InChI is InChI=1S/C8H15N/c1-4-6-7-9-8(3)5-2/h4,6H,5,7H2,1-3H3. The predicted octanol–water partition coefficient (Wildman–Crippen LogP) is 2.43. The minimum absolute atomic E-state index is 0.843. The molecule has 9 heavy (non-hydrogen) atoms. The Morgan fingerprint density at radius 1 is 1.56 bits per heavy atom. The van der Waals surface area contributed by atoms with E-state index in [2.05, 4.69) is 24.9 Å². The van der Waals surface area contributed by atoms with Crippen LogP contribution in [0.25, 0.3) is 0 Å². The Morgan fingerprint density at radius 3 is 2.67 bits per heavy atom. The van der Waals surface area contributed by atoms with Gasteiger partial charge in [-0.05, 0) is 20.3 Å². The zero-order valence-corrected chi connectivity index (χ0v) is 6.52. The van der Waals surface area contributed by atoms with Crippen LogP contribution in [0.4, 0.5) is 0 Å². The molecule has 0 saturated heterocycles. The molecule has 52 valence electrons. The van der Waals surface area contributed by atoms with Gasteiger partial charge in [0.25, 0.3) is 0 Å². The van der Waals surface area contributed by atoms with Crippen molar-refractivity contribution in [2.45, 2.75) is 27.2 Å². The van der Waals surface area contributed by atoms with E-state index in [0.717, 1.165) is 13.0 Å². The van der Waals surface area contributed by atoms with Gasteiger partial charge < -0.3 is 0 Å². The topological polar surface area (TPSA) is 12.4 Å². The van der Waals surface area contributed by atoms with E-state index < -0.39 is 0 Å². The van der Waals surface area contributed by atoms with E-state index in [1.807, 2.05) is 13.0 Å². The lowest BCUT2D eigenvalue weighted by Gasteiger charge is -1.89. The van der Waals surface area contributed by atoms with Crippen LogP contribution in [0, 0.1) is 0 Å². The van der Waals surface area contributed by atoms with Crippen molar-refractivity contribution in [1.29, 1.82) is 0 Å². The second-order valence-electron chi connectivity index (χ2n) is 2.00. The lowest BCUT2D eigenvalue weighted by atomic mass is 10.3. The molecular formula is C8H15N. The van der Waals surface area contributed by atoms with Gasteiger partial charge in [0.1, 0.15) is 0 Å². The van der Waals surface area contributed by atoms with E-state index in [1.165, 1.54) is 5.71 Å². The number of allylic oxidation sites excluding steroid dienone is 1. The highest BCUT2D eigenvalue weighted by Gasteiger charge is 1.79. The van der Waals surface area contributed by atoms with E-state index in [1.54, 1.807) is 0 Å². The molecule has 1 nitrogen and oxygen atoms in total. The Kier molecular flexibility index (Phi) is 5.18. The van der Waals surface area contributed by atoms with Crippen LogP contribution >= 0.6 is 0 Å². The summed E-state index contributed by atoms with van der Waals surface area (Å²) in [5.41, 5.74) is 1.23. The zero-order valence-electron chi connectivity index (χ0n) is 6.52. The van der Waals surface area contributed by atoms with Crippen LogP contribution in [0.15, 0.2) is 17.1 Å². The number of aliphatic imine (C=N–C) groups is 1. The summed E-state index contributed by atoms with van der Waals surface area (Å²) < 4.78 is 0. The number of hydrogen-bond acceptors (Lipinski definition) is 1. The van der Waals surface area contributed by atoms with E-state index >= 15 is 0 Å². The Balaban J connectivity index is 3.43. The van der Waals surface area contributed by atoms with Gasteiger partial charge in [-0.2, -0.15) is 0 Å². The molecule has 0 aliphatic rings. The first kappa shape index (κ1) is 8.41. The largest absolute Gasteiger partial charge is 0.290 e. The molecular weight excluding hydrogens is 110 g/mol. The Hall–Kier alpha value is -0.590. The molecule has 1 heteroatoms. The van der Waals surface area contributed by atoms with Crippen molar-refractivity contribution in [3.8, 4) is 0 Å². The quantitative estimate of drug-likeness (QED) is 0.406. The van der Waals surface area contributed by atoms with Crippen molar-refractivity contribution in [3.05, 3.63) is 12.2 Å². The summed E-state index contributed by atoms with van der Waals surface area (Å²) >= 11 is 0. The number of rotatable bonds is 3. The number of nitrogens with zero attached hydrogens (tertiary/aromatic N) is 1. The van der Waals surface area contributed by atoms with Gasteiger partial charge in [0.2, 0.25) is 0 Å². The van der Waals surface area contributed by atoms with Gasteiger partial charge in [0.15, 0.2) is 0 Å². The molecule has 0 atom stereocenters. The van der Waals surface area contributed by atoms with Crippen molar-refractivity contribution in [2.75, 3.05) is 6.54 Å². The van der Waals surface area contributed by atoms with E-state index in [-0.39, 0.29) is 0 Å². The molecule has 0 saturated carbocycles. The molecule has 0 aliphatic heterocycles. The molecule has 0 aromatic rings. The van der Waals surface area contributed by atoms with Gasteiger partial charge >= 0.3 is 0 Å². The van der Waals surface area contributed by atoms with Gasteiger partial charge in [-0.15, -0.1) is 0 Å². The summed E-state index contributed by atoms with van der Waals surface area (Å²) in [5, 5.41) is 0. The highest BCUT2D eigenvalue weighted by atomic mass is 14.7. The lowest BCUT2D eigenvalue weighted by molar-refractivity contribution is 1.16. The highest BCUT2D eigenvalue weighted by molar-refractivity contribution is 5.81. The zero-order chi connectivity index (χ0) is 7.11. The summed E-state index contributed by atoms with van der Waals surface area (Å²) in [7, 11) is 0. The molecule has 0 rings (SSSR count). The first-order valence-corrected chi connectivity index (χ1v) is 3.42. The fourth-order valence-corrected chi connectivity index (χ4v) is 0.426. The Labute approximate surface area is 57.5 Å². The second kappa shape index (κ2) is 5.54. The molecule has 0 aliphatic carbocycles. The molecule has 0 spiro atoms. The van der Waals surface area contributed by atoms with Gasteiger partial charge in [-0.3, -0.25) is 4.99 Å². The van der Waals surface area contributed by atoms with Gasteiger partial charge in [0.05, 0.1) is 6.54 Å². The molecule has 0 amide bonds. The monoisotopic (exact) mass is 125 g/mol. The molecule has 0 bridgehead atoms. The summed E-state index contributed by atoms with van der Waals surface area (Å²) in [4.78, 5) is 4.26. The summed E-state index contributed by atoms with van der Waals surface area (Å²) in [6.07, 6.45) is 5.14. The van der Waals surface area contributed by atoms with Crippen molar-refractivity contribution in [1.82, 2.24) is 0 Å². The van der Waals surface area contributed by atoms with Crippen LogP contribution in [-0.4, -0.2) is 12.3 Å². The molecule has 0 heterocycles. The van der Waals surface area contributed by atoms with Crippen LogP contribution in [0.1, 0.15) is 27.2 Å². The van der Waals surface area contributed by atoms with Gasteiger partial charge in [-0.1, -0.05) is 19.1 Å². The number of hydrogen-bond donors (Lipinski definition) is 0. The third-order valence-electron chi connectivity index (χ3n) is 1.21. The fraction of sp³-hybridized carbons (Fsp3) is 0.625. The molecule has 0 radical (unpaired) electrons. The van der Waals surface area contributed by atoms with Crippen molar-refractivity contribution < 1.29 is 0 Å². The molecule has 0 unspecified atom stereocenters. The summed E-state index contributed by atoms with van der Waals surface area (Å²) in [6.45, 7) is 7.03. The Morgan fingerprint density at radius 2 is 2.22 bits per heavy atom. The maximum Gasteiger partial charge on any atom is 0.0569 e. The van der Waals surface area contributed by atoms with Crippen LogP contribution in [0.3, 0.4) is 0 Å². The average molecular weight is 125 g/mol. The first-order chi connectivity index (χ1) is 4.31. The summed E-state index contributed by atoms with van der Waals surface area (Å²) in [5.74, 6) is 0. The molecule has 0 aromatic heterocycles. The van der Waals surface area contributed by atoms with Gasteiger partial charge in [-0.25, -0.2) is 0 Å². The predicted molar refractivity (Wildman–Crippen MR) is 43.1 cm³/mol. The molecule has 0 N–H and O–H groups in total. The minimum atomic E-state index is 0.843. The van der Waals surface area contributed by atoms with Crippen LogP contribution < -0.4 is 0 Å². The van der Waals surface area contributed by atoms with E-state index in [9.17, 15) is 0 Å². The van der Waals surface area contributed by atoms with Crippen molar-refractivity contribution >= 4 is 5.71 Å². The summed E-state index contributed by atoms with van der Waals surface area (Å²) in [6, 6.07) is 0. The van der Waals surface area contributed by atoms with Crippen LogP contribution in [0.2, 0.25) is 0 Å².